The Morgan fingerprint density at radius 1 is 1.15 bits per heavy atom. The number of carbonyl (C=O) groups excluding carboxylic acids is 1. The first-order valence-corrected chi connectivity index (χ1v) is 10.1. The van der Waals surface area contributed by atoms with Crippen molar-refractivity contribution in [1.82, 2.24) is 10.2 Å². The largest absolute Gasteiger partial charge is 0.497 e. The van der Waals surface area contributed by atoms with Gasteiger partial charge in [0.05, 0.1) is 17.7 Å². The monoisotopic (exact) mass is 451 g/mol. The van der Waals surface area contributed by atoms with Crippen LogP contribution in [0.1, 0.15) is 10.4 Å². The minimum Gasteiger partial charge on any atom is -0.497 e. The van der Waals surface area contributed by atoms with Crippen molar-refractivity contribution in [2.75, 3.05) is 51.3 Å². The number of piperazine rings is 1. The summed E-state index contributed by atoms with van der Waals surface area (Å²) in [6.07, 6.45) is 0. The molecule has 0 aliphatic carbocycles. The van der Waals surface area contributed by atoms with Gasteiger partial charge in [0.1, 0.15) is 5.75 Å². The smallest absolute Gasteiger partial charge is 0.252 e. The zero-order valence-corrected chi connectivity index (χ0v) is 17.6. The predicted octanol–water partition coefficient (Wildman–Crippen LogP) is 3.66. The molecule has 0 aromatic heterocycles. The average Bonchev–Trinajstić information content (AvgIpc) is 2.70. The van der Waals surface area contributed by atoms with Gasteiger partial charge >= 0.3 is 0 Å². The molecule has 27 heavy (non-hydrogen) atoms. The highest BCUT2D eigenvalue weighted by molar-refractivity contribution is 9.10. The lowest BCUT2D eigenvalue weighted by atomic mass is 10.2. The summed E-state index contributed by atoms with van der Waals surface area (Å²) in [6.45, 7) is 5.31. The first-order chi connectivity index (χ1) is 13.1. The summed E-state index contributed by atoms with van der Waals surface area (Å²) in [5, 5.41) is 3.42. The van der Waals surface area contributed by atoms with E-state index in [9.17, 15) is 4.79 Å². The minimum atomic E-state index is -0.141. The van der Waals surface area contributed by atoms with Crippen molar-refractivity contribution >= 4 is 39.1 Å². The second kappa shape index (κ2) is 9.44. The quantitative estimate of drug-likeness (QED) is 0.726. The van der Waals surface area contributed by atoms with E-state index >= 15 is 0 Å². The Labute approximate surface area is 173 Å². The zero-order valence-electron chi connectivity index (χ0n) is 15.3. The van der Waals surface area contributed by atoms with Gasteiger partial charge < -0.3 is 15.0 Å². The molecule has 1 heterocycles. The van der Waals surface area contributed by atoms with Gasteiger partial charge in [-0.05, 0) is 42.5 Å². The zero-order chi connectivity index (χ0) is 19.2. The van der Waals surface area contributed by atoms with E-state index in [1.807, 2.05) is 18.2 Å². The van der Waals surface area contributed by atoms with E-state index in [-0.39, 0.29) is 5.91 Å². The number of hydrogen-bond acceptors (Lipinski definition) is 4. The van der Waals surface area contributed by atoms with Crippen LogP contribution in [0.2, 0.25) is 5.02 Å². The highest BCUT2D eigenvalue weighted by atomic mass is 79.9. The highest BCUT2D eigenvalue weighted by Gasteiger charge is 2.17. The molecule has 7 heteroatoms. The molecule has 1 aliphatic heterocycles. The van der Waals surface area contributed by atoms with Gasteiger partial charge in [-0.2, -0.15) is 0 Å². The fourth-order valence-corrected chi connectivity index (χ4v) is 3.68. The van der Waals surface area contributed by atoms with Gasteiger partial charge in [-0.3, -0.25) is 9.69 Å². The number of hydrogen-bond donors (Lipinski definition) is 1. The van der Waals surface area contributed by atoms with E-state index in [4.69, 9.17) is 16.3 Å². The van der Waals surface area contributed by atoms with Crippen LogP contribution in [0.15, 0.2) is 46.9 Å². The normalized spacial score (nSPS) is 14.9. The summed E-state index contributed by atoms with van der Waals surface area (Å²) in [7, 11) is 1.68. The Bertz CT molecular complexity index is 777. The van der Waals surface area contributed by atoms with Crippen molar-refractivity contribution in [2.24, 2.45) is 0 Å². The number of nitrogens with zero attached hydrogens (tertiary/aromatic N) is 2. The third-order valence-electron chi connectivity index (χ3n) is 4.70. The van der Waals surface area contributed by atoms with Crippen LogP contribution in [-0.2, 0) is 0 Å². The van der Waals surface area contributed by atoms with Crippen LogP contribution in [0.25, 0.3) is 0 Å². The molecule has 0 radical (unpaired) electrons. The molecule has 0 bridgehead atoms. The van der Waals surface area contributed by atoms with Crippen LogP contribution in [0.4, 0.5) is 5.69 Å². The maximum atomic E-state index is 12.3. The van der Waals surface area contributed by atoms with Gasteiger partial charge in [0.25, 0.3) is 5.91 Å². The van der Waals surface area contributed by atoms with Crippen molar-refractivity contribution in [3.05, 3.63) is 57.5 Å². The number of benzene rings is 2. The fraction of sp³-hybridized carbons (Fsp3) is 0.350. The summed E-state index contributed by atoms with van der Waals surface area (Å²) < 4.78 is 6.05. The highest BCUT2D eigenvalue weighted by Crippen LogP contribution is 2.21. The molecule has 0 unspecified atom stereocenters. The van der Waals surface area contributed by atoms with E-state index in [1.54, 1.807) is 19.2 Å². The molecule has 1 fully saturated rings. The molecule has 2 aromatic carbocycles. The average molecular weight is 453 g/mol. The Morgan fingerprint density at radius 2 is 1.85 bits per heavy atom. The molecule has 5 nitrogen and oxygen atoms in total. The van der Waals surface area contributed by atoms with Crippen LogP contribution >= 0.6 is 27.5 Å². The lowest BCUT2D eigenvalue weighted by Gasteiger charge is -2.36. The van der Waals surface area contributed by atoms with E-state index in [0.29, 0.717) is 17.1 Å². The van der Waals surface area contributed by atoms with Gasteiger partial charge in [-0.15, -0.1) is 0 Å². The van der Waals surface area contributed by atoms with Gasteiger partial charge in [0.2, 0.25) is 0 Å². The van der Waals surface area contributed by atoms with Crippen LogP contribution < -0.4 is 15.0 Å². The number of methoxy groups -OCH3 is 1. The molecule has 1 saturated heterocycles. The second-order valence-corrected chi connectivity index (χ2v) is 7.73. The van der Waals surface area contributed by atoms with Crippen LogP contribution in [-0.4, -0.2) is 57.2 Å². The predicted molar refractivity (Wildman–Crippen MR) is 113 cm³/mol. The van der Waals surface area contributed by atoms with Crippen molar-refractivity contribution in [3.63, 3.8) is 0 Å². The molecule has 0 atom stereocenters. The molecule has 1 N–H and O–H groups in total. The fourth-order valence-electron chi connectivity index (χ4n) is 3.12. The van der Waals surface area contributed by atoms with Crippen molar-refractivity contribution in [3.8, 4) is 5.75 Å². The lowest BCUT2D eigenvalue weighted by molar-refractivity contribution is 0.0948. The Hall–Kier alpha value is -1.76. The number of amides is 1. The van der Waals surface area contributed by atoms with E-state index in [1.165, 1.54) is 5.69 Å². The van der Waals surface area contributed by atoms with E-state index in [2.05, 4.69) is 43.2 Å². The molecule has 1 amide bonds. The molecular formula is C20H23BrClN3O2. The summed E-state index contributed by atoms with van der Waals surface area (Å²) >= 11 is 9.48. The third-order valence-corrected chi connectivity index (χ3v) is 5.52. The molecule has 1 aliphatic rings. The second-order valence-electron chi connectivity index (χ2n) is 6.41. The number of nitrogens with one attached hydrogen (secondary N) is 1. The van der Waals surface area contributed by atoms with Crippen molar-refractivity contribution in [1.29, 1.82) is 0 Å². The number of carbonyl (C=O) groups is 1. The van der Waals surface area contributed by atoms with Gasteiger partial charge in [-0.1, -0.05) is 27.5 Å². The third kappa shape index (κ3) is 5.37. The summed E-state index contributed by atoms with van der Waals surface area (Å²) in [5.41, 5.74) is 1.71. The van der Waals surface area contributed by atoms with Gasteiger partial charge in [0, 0.05) is 49.4 Å². The Morgan fingerprint density at radius 3 is 2.52 bits per heavy atom. The van der Waals surface area contributed by atoms with E-state index < -0.39 is 0 Å². The molecule has 0 saturated carbocycles. The number of anilines is 1. The molecule has 2 aromatic rings. The summed E-state index contributed by atoms with van der Waals surface area (Å²) in [4.78, 5) is 17.0. The number of ether oxygens (including phenoxy) is 1. The maximum Gasteiger partial charge on any atom is 0.252 e. The lowest BCUT2D eigenvalue weighted by Crippen LogP contribution is -2.48. The first-order valence-electron chi connectivity index (χ1n) is 8.91. The van der Waals surface area contributed by atoms with Crippen LogP contribution in [0, 0.1) is 0 Å². The molecular weight excluding hydrogens is 430 g/mol. The standard InChI is InChI=1S/C20H23BrClN3O2/c1-27-17-5-3-16(4-6-17)25-12-10-24(11-13-25)9-8-23-20(26)18-14-15(21)2-7-19(18)22/h2-7,14H,8-13H2,1H3,(H,23,26). The number of rotatable bonds is 6. The van der Waals surface area contributed by atoms with Gasteiger partial charge in [-0.25, -0.2) is 0 Å². The van der Waals surface area contributed by atoms with Crippen molar-refractivity contribution in [2.45, 2.75) is 0 Å². The summed E-state index contributed by atoms with van der Waals surface area (Å²) in [5.74, 6) is 0.733. The van der Waals surface area contributed by atoms with Crippen LogP contribution in [0.3, 0.4) is 0 Å². The number of halogens is 2. The topological polar surface area (TPSA) is 44.8 Å². The SMILES string of the molecule is COc1ccc(N2CCN(CCNC(=O)c3cc(Br)ccc3Cl)CC2)cc1. The van der Waals surface area contributed by atoms with Crippen LogP contribution in [0.5, 0.6) is 5.75 Å². The molecule has 144 valence electrons. The summed E-state index contributed by atoms with van der Waals surface area (Å²) in [6, 6.07) is 13.5. The molecule has 0 spiro atoms. The molecule has 3 rings (SSSR count). The van der Waals surface area contributed by atoms with Gasteiger partial charge in [0.15, 0.2) is 0 Å². The maximum absolute atomic E-state index is 12.3. The van der Waals surface area contributed by atoms with E-state index in [0.717, 1.165) is 42.9 Å². The Balaban J connectivity index is 1.43. The minimum absolute atomic E-state index is 0.141. The Kier molecular flexibility index (Phi) is 6.99. The first kappa shape index (κ1) is 20.0. The van der Waals surface area contributed by atoms with Crippen molar-refractivity contribution < 1.29 is 9.53 Å².